The van der Waals surface area contributed by atoms with E-state index in [9.17, 15) is 4.79 Å². The van der Waals surface area contributed by atoms with Gasteiger partial charge in [0.05, 0.1) is 24.2 Å². The summed E-state index contributed by atoms with van der Waals surface area (Å²) in [5.74, 6) is -0.620. The van der Waals surface area contributed by atoms with Gasteiger partial charge in [0.2, 0.25) is 5.82 Å². The third-order valence-electron chi connectivity index (χ3n) is 3.04. The molecule has 1 unspecified atom stereocenters. The van der Waals surface area contributed by atoms with Gasteiger partial charge in [0.1, 0.15) is 0 Å². The summed E-state index contributed by atoms with van der Waals surface area (Å²) < 4.78 is 7.23. The second-order valence-corrected chi connectivity index (χ2v) is 4.30. The minimum Gasteiger partial charge on any atom is -0.379 e. The first kappa shape index (κ1) is 11.1. The van der Waals surface area contributed by atoms with Gasteiger partial charge in [-0.15, -0.1) is 0 Å². The molecule has 0 aliphatic carbocycles. The molecule has 0 radical (unpaired) electrons. The summed E-state index contributed by atoms with van der Waals surface area (Å²) in [6.45, 7) is 1.41. The van der Waals surface area contributed by atoms with E-state index in [1.807, 2.05) is 0 Å². The van der Waals surface area contributed by atoms with E-state index in [1.54, 1.807) is 17.1 Å². The third kappa shape index (κ3) is 1.82. The molecule has 2 aromatic heterocycles. The normalized spacial score (nSPS) is 20.1. The van der Waals surface area contributed by atoms with Crippen LogP contribution in [0.2, 0.25) is 0 Å². The number of carbonyl (C=O) groups excluding carboxylic acids is 1. The third-order valence-corrected chi connectivity index (χ3v) is 3.04. The molecule has 1 aliphatic heterocycles. The van der Waals surface area contributed by atoms with Crippen molar-refractivity contribution in [3.05, 3.63) is 18.2 Å². The average Bonchev–Trinajstić information content (AvgIpc) is 2.82. The number of hydrogen-bond donors (Lipinski definition) is 1. The van der Waals surface area contributed by atoms with Crippen molar-refractivity contribution in [1.29, 1.82) is 0 Å². The first-order valence-corrected chi connectivity index (χ1v) is 5.83. The number of hydrogen-bond acceptors (Lipinski definition) is 5. The molecule has 2 N–H and O–H groups in total. The van der Waals surface area contributed by atoms with E-state index in [4.69, 9.17) is 10.5 Å². The molecule has 0 bridgehead atoms. The maximum Gasteiger partial charge on any atom is 0.286 e. The SMILES string of the molecule is NC(=O)c1ncc2cnn(C3CCCOC3)c2n1. The highest BCUT2D eigenvalue weighted by Crippen LogP contribution is 2.22. The molecule has 18 heavy (non-hydrogen) atoms. The highest BCUT2D eigenvalue weighted by Gasteiger charge is 2.20. The van der Waals surface area contributed by atoms with Crippen molar-refractivity contribution in [3.8, 4) is 0 Å². The number of carbonyl (C=O) groups is 1. The molecule has 1 fully saturated rings. The van der Waals surface area contributed by atoms with Gasteiger partial charge < -0.3 is 10.5 Å². The van der Waals surface area contributed by atoms with E-state index in [1.165, 1.54) is 0 Å². The predicted octanol–water partition coefficient (Wildman–Crippen LogP) is 0.277. The molecule has 1 atom stereocenters. The van der Waals surface area contributed by atoms with Crippen molar-refractivity contribution in [2.75, 3.05) is 13.2 Å². The first-order chi connectivity index (χ1) is 8.75. The number of amides is 1. The molecule has 3 rings (SSSR count). The minimum atomic E-state index is -0.635. The Kier molecular flexibility index (Phi) is 2.67. The molecular formula is C11H13N5O2. The number of nitrogens with two attached hydrogens (primary N) is 1. The maximum absolute atomic E-state index is 11.1. The minimum absolute atomic E-state index is 0.0148. The van der Waals surface area contributed by atoms with Crippen molar-refractivity contribution in [2.45, 2.75) is 18.9 Å². The number of rotatable bonds is 2. The van der Waals surface area contributed by atoms with Crippen LogP contribution in [0.25, 0.3) is 11.0 Å². The lowest BCUT2D eigenvalue weighted by atomic mass is 10.1. The first-order valence-electron chi connectivity index (χ1n) is 5.83. The Bertz CT molecular complexity index is 588. The zero-order valence-corrected chi connectivity index (χ0v) is 9.74. The summed E-state index contributed by atoms with van der Waals surface area (Å²) in [6, 6.07) is 0.159. The predicted molar refractivity (Wildman–Crippen MR) is 62.9 cm³/mol. The molecule has 94 valence electrons. The summed E-state index contributed by atoms with van der Waals surface area (Å²) in [5, 5.41) is 5.10. The fraction of sp³-hybridized carbons (Fsp3) is 0.455. The van der Waals surface area contributed by atoms with Crippen LogP contribution in [-0.2, 0) is 4.74 Å². The van der Waals surface area contributed by atoms with E-state index in [0.717, 1.165) is 24.8 Å². The van der Waals surface area contributed by atoms with Crippen LogP contribution in [0.15, 0.2) is 12.4 Å². The van der Waals surface area contributed by atoms with Gasteiger partial charge in [-0.3, -0.25) is 4.79 Å². The molecule has 1 amide bonds. The molecular weight excluding hydrogens is 234 g/mol. The molecule has 2 aromatic rings. The second kappa shape index (κ2) is 4.34. The monoisotopic (exact) mass is 247 g/mol. The topological polar surface area (TPSA) is 95.9 Å². The Hall–Kier alpha value is -2.02. The van der Waals surface area contributed by atoms with Crippen LogP contribution in [-0.4, -0.2) is 38.9 Å². The zero-order valence-electron chi connectivity index (χ0n) is 9.74. The van der Waals surface area contributed by atoms with Gasteiger partial charge in [-0.05, 0) is 12.8 Å². The Labute approximate surface area is 103 Å². The Morgan fingerprint density at radius 2 is 2.39 bits per heavy atom. The van der Waals surface area contributed by atoms with Gasteiger partial charge in [-0.1, -0.05) is 0 Å². The summed E-state index contributed by atoms with van der Waals surface area (Å²) in [4.78, 5) is 19.2. The fourth-order valence-corrected chi connectivity index (χ4v) is 2.14. The Balaban J connectivity index is 2.05. The van der Waals surface area contributed by atoms with Crippen molar-refractivity contribution >= 4 is 16.9 Å². The number of primary amides is 1. The quantitative estimate of drug-likeness (QED) is 0.822. The largest absolute Gasteiger partial charge is 0.379 e. The molecule has 3 heterocycles. The molecule has 7 heteroatoms. The lowest BCUT2D eigenvalue weighted by Crippen LogP contribution is -2.23. The summed E-state index contributed by atoms with van der Waals surface area (Å²) >= 11 is 0. The van der Waals surface area contributed by atoms with E-state index >= 15 is 0 Å². The van der Waals surface area contributed by atoms with Gasteiger partial charge in [0.25, 0.3) is 5.91 Å². The molecule has 0 saturated carbocycles. The fourth-order valence-electron chi connectivity index (χ4n) is 2.14. The van der Waals surface area contributed by atoms with Crippen molar-refractivity contribution in [1.82, 2.24) is 19.7 Å². The van der Waals surface area contributed by atoms with E-state index in [-0.39, 0.29) is 11.9 Å². The van der Waals surface area contributed by atoms with Gasteiger partial charge in [-0.25, -0.2) is 14.6 Å². The summed E-state index contributed by atoms with van der Waals surface area (Å²) in [5.41, 5.74) is 5.82. The van der Waals surface area contributed by atoms with Crippen LogP contribution >= 0.6 is 0 Å². The standard InChI is InChI=1S/C11H13N5O2/c12-9(17)10-13-4-7-5-14-16(11(7)15-10)8-2-1-3-18-6-8/h4-5,8H,1-3,6H2,(H2,12,17). The summed E-state index contributed by atoms with van der Waals surface area (Å²) in [7, 11) is 0. The van der Waals surface area contributed by atoms with Gasteiger partial charge in [0, 0.05) is 12.8 Å². The lowest BCUT2D eigenvalue weighted by molar-refractivity contribution is 0.0563. The average molecular weight is 247 g/mol. The number of fused-ring (bicyclic) bond motifs is 1. The molecule has 0 spiro atoms. The van der Waals surface area contributed by atoms with Crippen LogP contribution in [0.5, 0.6) is 0 Å². The van der Waals surface area contributed by atoms with Gasteiger partial charge in [0.15, 0.2) is 5.65 Å². The van der Waals surface area contributed by atoms with Gasteiger partial charge >= 0.3 is 0 Å². The Morgan fingerprint density at radius 3 is 3.11 bits per heavy atom. The van der Waals surface area contributed by atoms with Crippen molar-refractivity contribution < 1.29 is 9.53 Å². The van der Waals surface area contributed by atoms with Crippen LogP contribution < -0.4 is 5.73 Å². The van der Waals surface area contributed by atoms with Crippen molar-refractivity contribution in [3.63, 3.8) is 0 Å². The number of ether oxygens (including phenoxy) is 1. The molecule has 0 aromatic carbocycles. The number of aromatic nitrogens is 4. The van der Waals surface area contributed by atoms with E-state index < -0.39 is 5.91 Å². The van der Waals surface area contributed by atoms with Crippen LogP contribution in [0.1, 0.15) is 29.5 Å². The molecule has 1 aliphatic rings. The Morgan fingerprint density at radius 1 is 1.50 bits per heavy atom. The van der Waals surface area contributed by atoms with Crippen LogP contribution in [0.4, 0.5) is 0 Å². The second-order valence-electron chi connectivity index (χ2n) is 4.30. The van der Waals surface area contributed by atoms with Crippen LogP contribution in [0.3, 0.4) is 0 Å². The lowest BCUT2D eigenvalue weighted by Gasteiger charge is -2.22. The van der Waals surface area contributed by atoms with Crippen molar-refractivity contribution in [2.24, 2.45) is 5.73 Å². The van der Waals surface area contributed by atoms with E-state index in [2.05, 4.69) is 15.1 Å². The van der Waals surface area contributed by atoms with Gasteiger partial charge in [-0.2, -0.15) is 5.10 Å². The van der Waals surface area contributed by atoms with E-state index in [0.29, 0.717) is 12.3 Å². The highest BCUT2D eigenvalue weighted by atomic mass is 16.5. The summed E-state index contributed by atoms with van der Waals surface area (Å²) in [6.07, 6.45) is 5.25. The molecule has 7 nitrogen and oxygen atoms in total. The highest BCUT2D eigenvalue weighted by molar-refractivity contribution is 5.90. The molecule has 1 saturated heterocycles. The maximum atomic E-state index is 11.1. The smallest absolute Gasteiger partial charge is 0.286 e. The number of nitrogens with zero attached hydrogens (tertiary/aromatic N) is 4. The zero-order chi connectivity index (χ0) is 12.5. The van der Waals surface area contributed by atoms with Crippen LogP contribution in [0, 0.1) is 0 Å².